The second-order valence-electron chi connectivity index (χ2n) is 5.74. The van der Waals surface area contributed by atoms with E-state index in [9.17, 15) is 4.39 Å². The van der Waals surface area contributed by atoms with Crippen LogP contribution in [0, 0.1) is 11.7 Å². The zero-order valence-corrected chi connectivity index (χ0v) is 14.1. The first kappa shape index (κ1) is 15.8. The molecule has 1 aliphatic heterocycles. The minimum absolute atomic E-state index is 0.200. The van der Waals surface area contributed by atoms with Crippen LogP contribution in [-0.2, 0) is 0 Å². The smallest absolute Gasteiger partial charge is 0.137 e. The molecule has 2 nitrogen and oxygen atoms in total. The van der Waals surface area contributed by atoms with Crippen molar-refractivity contribution in [1.82, 2.24) is 5.32 Å². The lowest BCUT2D eigenvalue weighted by atomic mass is 9.86. The van der Waals surface area contributed by atoms with Crippen molar-refractivity contribution in [2.45, 2.75) is 45.7 Å². The highest BCUT2D eigenvalue weighted by molar-refractivity contribution is 9.10. The molecule has 20 heavy (non-hydrogen) atoms. The van der Waals surface area contributed by atoms with Crippen LogP contribution in [0.1, 0.15) is 33.6 Å². The molecule has 1 aliphatic rings. The lowest BCUT2D eigenvalue weighted by molar-refractivity contribution is 0.271. The van der Waals surface area contributed by atoms with Crippen molar-refractivity contribution < 1.29 is 4.39 Å². The summed E-state index contributed by atoms with van der Waals surface area (Å²) < 4.78 is 13.9. The molecule has 1 N–H and O–H groups in total. The van der Waals surface area contributed by atoms with Crippen molar-refractivity contribution in [1.29, 1.82) is 0 Å². The molecule has 0 bridgehead atoms. The normalized spacial score (nSPS) is 26.9. The molecule has 4 heteroatoms. The largest absolute Gasteiger partial charge is 0.368 e. The van der Waals surface area contributed by atoms with Crippen molar-refractivity contribution in [3.05, 3.63) is 28.5 Å². The summed E-state index contributed by atoms with van der Waals surface area (Å²) in [6, 6.07) is 6.35. The van der Waals surface area contributed by atoms with Crippen LogP contribution >= 0.6 is 15.9 Å². The Bertz CT molecular complexity index is 452. The van der Waals surface area contributed by atoms with Gasteiger partial charge < -0.3 is 10.2 Å². The van der Waals surface area contributed by atoms with Crippen molar-refractivity contribution in [3.63, 3.8) is 0 Å². The molecule has 3 unspecified atom stereocenters. The quantitative estimate of drug-likeness (QED) is 0.882. The zero-order chi connectivity index (χ0) is 14.7. The van der Waals surface area contributed by atoms with Gasteiger partial charge in [0.15, 0.2) is 0 Å². The highest BCUT2D eigenvalue weighted by atomic mass is 79.9. The van der Waals surface area contributed by atoms with E-state index in [2.05, 4.69) is 46.9 Å². The van der Waals surface area contributed by atoms with Gasteiger partial charge in [-0.15, -0.1) is 0 Å². The van der Waals surface area contributed by atoms with Crippen molar-refractivity contribution in [3.8, 4) is 0 Å². The second kappa shape index (κ2) is 6.90. The summed E-state index contributed by atoms with van der Waals surface area (Å²) in [5.41, 5.74) is 1.10. The summed E-state index contributed by atoms with van der Waals surface area (Å²) in [7, 11) is 0. The zero-order valence-electron chi connectivity index (χ0n) is 12.5. The first-order valence-electron chi connectivity index (χ1n) is 7.49. The van der Waals surface area contributed by atoms with E-state index in [1.807, 2.05) is 12.1 Å². The van der Waals surface area contributed by atoms with Gasteiger partial charge >= 0.3 is 0 Å². The Kier molecular flexibility index (Phi) is 5.44. The number of hydrogen-bond donors (Lipinski definition) is 1. The minimum atomic E-state index is -0.200. The molecule has 2 rings (SSSR count). The predicted octanol–water partition coefficient (Wildman–Crippen LogP) is 4.19. The summed E-state index contributed by atoms with van der Waals surface area (Å²) >= 11 is 3.28. The van der Waals surface area contributed by atoms with E-state index in [-0.39, 0.29) is 5.82 Å². The van der Waals surface area contributed by atoms with Crippen LogP contribution in [-0.4, -0.2) is 25.2 Å². The van der Waals surface area contributed by atoms with E-state index < -0.39 is 0 Å². The Hall–Kier alpha value is -0.610. The molecule has 112 valence electrons. The van der Waals surface area contributed by atoms with Gasteiger partial charge in [0.05, 0.1) is 4.47 Å². The number of halogens is 2. The molecule has 0 spiro atoms. The maximum atomic E-state index is 13.4. The second-order valence-corrected chi connectivity index (χ2v) is 6.60. The topological polar surface area (TPSA) is 15.3 Å². The third-order valence-corrected chi connectivity index (χ3v) is 5.07. The van der Waals surface area contributed by atoms with Gasteiger partial charge in [0.1, 0.15) is 5.82 Å². The Morgan fingerprint density at radius 2 is 2.15 bits per heavy atom. The van der Waals surface area contributed by atoms with Crippen molar-refractivity contribution >= 4 is 21.6 Å². The lowest BCUT2D eigenvalue weighted by Crippen LogP contribution is -2.53. The molecule has 1 saturated heterocycles. The number of nitrogens with one attached hydrogen (secondary N) is 1. The number of nitrogens with zero attached hydrogens (tertiary/aromatic N) is 1. The van der Waals surface area contributed by atoms with Crippen LogP contribution in [0.25, 0.3) is 0 Å². The van der Waals surface area contributed by atoms with Gasteiger partial charge in [0.2, 0.25) is 0 Å². The summed E-state index contributed by atoms with van der Waals surface area (Å²) in [6.45, 7) is 8.88. The third kappa shape index (κ3) is 3.34. The standard InChI is InChI=1S/C16H24BrFN2/c1-4-8-19-16-7-9-20(12(3)11(16)2)13-5-6-15(18)14(17)10-13/h5-6,10-12,16,19H,4,7-9H2,1-3H3. The maximum absolute atomic E-state index is 13.4. The van der Waals surface area contributed by atoms with Crippen molar-refractivity contribution in [2.75, 3.05) is 18.0 Å². The van der Waals surface area contributed by atoms with E-state index in [0.717, 1.165) is 25.2 Å². The monoisotopic (exact) mass is 342 g/mol. The van der Waals surface area contributed by atoms with E-state index in [1.54, 1.807) is 0 Å². The molecule has 0 aliphatic carbocycles. The van der Waals surface area contributed by atoms with Crippen LogP contribution in [0.15, 0.2) is 22.7 Å². The fourth-order valence-corrected chi connectivity index (χ4v) is 3.38. The van der Waals surface area contributed by atoms with Crippen LogP contribution in [0.4, 0.5) is 10.1 Å². The van der Waals surface area contributed by atoms with Gasteiger partial charge in [0, 0.05) is 24.3 Å². The van der Waals surface area contributed by atoms with Crippen LogP contribution in [0.5, 0.6) is 0 Å². The molecular formula is C16H24BrFN2. The molecule has 0 radical (unpaired) electrons. The number of anilines is 1. The number of hydrogen-bond acceptors (Lipinski definition) is 2. The van der Waals surface area contributed by atoms with E-state index in [1.165, 1.54) is 12.5 Å². The first-order chi connectivity index (χ1) is 9.54. The summed E-state index contributed by atoms with van der Waals surface area (Å²) in [5.74, 6) is 0.382. The predicted molar refractivity (Wildman–Crippen MR) is 86.8 cm³/mol. The van der Waals surface area contributed by atoms with Crippen LogP contribution in [0.2, 0.25) is 0 Å². The molecular weight excluding hydrogens is 319 g/mol. The number of benzene rings is 1. The van der Waals surface area contributed by atoms with E-state index in [4.69, 9.17) is 0 Å². The molecule has 1 aromatic rings. The van der Waals surface area contributed by atoms with E-state index >= 15 is 0 Å². The molecule has 3 atom stereocenters. The molecule has 0 amide bonds. The fourth-order valence-electron chi connectivity index (χ4n) is 3.01. The van der Waals surface area contributed by atoms with Gasteiger partial charge in [0.25, 0.3) is 0 Å². The highest BCUT2D eigenvalue weighted by Gasteiger charge is 2.32. The van der Waals surface area contributed by atoms with E-state index in [0.29, 0.717) is 22.5 Å². The lowest BCUT2D eigenvalue weighted by Gasteiger charge is -2.44. The summed E-state index contributed by atoms with van der Waals surface area (Å²) in [5, 5.41) is 3.65. The Morgan fingerprint density at radius 3 is 2.80 bits per heavy atom. The van der Waals surface area contributed by atoms with Gasteiger partial charge in [-0.05, 0) is 66.4 Å². The Morgan fingerprint density at radius 1 is 1.40 bits per heavy atom. The van der Waals surface area contributed by atoms with Gasteiger partial charge in [-0.3, -0.25) is 0 Å². The number of rotatable bonds is 4. The highest BCUT2D eigenvalue weighted by Crippen LogP contribution is 2.31. The van der Waals surface area contributed by atoms with Gasteiger partial charge in [-0.1, -0.05) is 13.8 Å². The fraction of sp³-hybridized carbons (Fsp3) is 0.625. The molecule has 0 aromatic heterocycles. The Balaban J connectivity index is 2.09. The first-order valence-corrected chi connectivity index (χ1v) is 8.29. The number of piperidine rings is 1. The van der Waals surface area contributed by atoms with Gasteiger partial charge in [-0.2, -0.15) is 0 Å². The van der Waals surface area contributed by atoms with Crippen LogP contribution < -0.4 is 10.2 Å². The maximum Gasteiger partial charge on any atom is 0.137 e. The molecule has 0 saturated carbocycles. The minimum Gasteiger partial charge on any atom is -0.368 e. The SMILES string of the molecule is CCCNC1CCN(c2ccc(F)c(Br)c2)C(C)C1C. The molecule has 1 heterocycles. The molecule has 1 aromatic carbocycles. The molecule has 1 fully saturated rings. The van der Waals surface area contributed by atoms with Crippen LogP contribution in [0.3, 0.4) is 0 Å². The van der Waals surface area contributed by atoms with Crippen molar-refractivity contribution in [2.24, 2.45) is 5.92 Å². The Labute approximate surface area is 129 Å². The average molecular weight is 343 g/mol. The third-order valence-electron chi connectivity index (χ3n) is 4.46. The van der Waals surface area contributed by atoms with Gasteiger partial charge in [-0.25, -0.2) is 4.39 Å². The average Bonchev–Trinajstić information content (AvgIpc) is 2.44. The summed E-state index contributed by atoms with van der Waals surface area (Å²) in [4.78, 5) is 2.39. The summed E-state index contributed by atoms with van der Waals surface area (Å²) in [6.07, 6.45) is 2.31.